The van der Waals surface area contributed by atoms with Gasteiger partial charge in [-0.1, -0.05) is 60.7 Å². The van der Waals surface area contributed by atoms with Crippen LogP contribution < -0.4 is 16.2 Å². The van der Waals surface area contributed by atoms with Crippen molar-refractivity contribution in [3.8, 4) is 0 Å². The van der Waals surface area contributed by atoms with Crippen LogP contribution in [-0.2, 0) is 4.79 Å². The van der Waals surface area contributed by atoms with E-state index in [4.69, 9.17) is 0 Å². The van der Waals surface area contributed by atoms with Gasteiger partial charge in [-0.25, -0.2) is 5.10 Å². The van der Waals surface area contributed by atoms with E-state index >= 15 is 0 Å². The number of amides is 1. The van der Waals surface area contributed by atoms with E-state index in [-0.39, 0.29) is 11.5 Å². The normalized spacial score (nSPS) is 11.0. The maximum Gasteiger partial charge on any atom is 0.272 e. The van der Waals surface area contributed by atoms with E-state index in [0.717, 1.165) is 17.4 Å². The highest BCUT2D eigenvalue weighted by Crippen LogP contribution is 2.16. The zero-order chi connectivity index (χ0) is 18.9. The molecule has 6 heteroatoms. The fraction of sp³-hybridized carbons (Fsp3) is 0.190. The second-order valence-electron chi connectivity index (χ2n) is 6.09. The minimum absolute atomic E-state index is 0.00482. The standard InChI is InChI=1S/C21H22N4O2/c26-19(13-6-10-16-8-2-1-3-9-16)22-14-7-15-23-20-17-11-4-5-12-18(17)21(27)25-24-20/h1-6,8-12H,7,13-15H2,(H,22,26)(H,23,24)(H,25,27)/b10-6+. The van der Waals surface area contributed by atoms with Gasteiger partial charge < -0.3 is 10.6 Å². The Morgan fingerprint density at radius 3 is 2.56 bits per heavy atom. The molecule has 0 bridgehead atoms. The van der Waals surface area contributed by atoms with Crippen LogP contribution in [0.25, 0.3) is 16.8 Å². The van der Waals surface area contributed by atoms with Gasteiger partial charge in [-0.2, -0.15) is 5.10 Å². The molecule has 0 aliphatic carbocycles. The number of nitrogens with zero attached hydrogens (tertiary/aromatic N) is 1. The molecule has 0 saturated carbocycles. The molecule has 3 rings (SSSR count). The molecule has 1 aromatic heterocycles. The number of carbonyl (C=O) groups excluding carboxylic acids is 1. The van der Waals surface area contributed by atoms with Gasteiger partial charge in [0.05, 0.1) is 5.39 Å². The summed E-state index contributed by atoms with van der Waals surface area (Å²) < 4.78 is 0. The minimum atomic E-state index is -0.202. The summed E-state index contributed by atoms with van der Waals surface area (Å²) in [4.78, 5) is 23.6. The van der Waals surface area contributed by atoms with Crippen molar-refractivity contribution in [3.63, 3.8) is 0 Å². The van der Waals surface area contributed by atoms with Gasteiger partial charge in [-0.15, -0.1) is 0 Å². The van der Waals surface area contributed by atoms with E-state index in [1.54, 1.807) is 6.07 Å². The van der Waals surface area contributed by atoms with E-state index in [2.05, 4.69) is 20.8 Å². The SMILES string of the molecule is O=C(C/C=C/c1ccccc1)NCCCNc1n[nH]c(=O)c2ccccc12. The zero-order valence-electron chi connectivity index (χ0n) is 14.9. The third-order valence-electron chi connectivity index (χ3n) is 4.08. The van der Waals surface area contributed by atoms with Crippen LogP contribution in [0.5, 0.6) is 0 Å². The Bertz CT molecular complexity index is 980. The second kappa shape index (κ2) is 9.33. The third-order valence-corrected chi connectivity index (χ3v) is 4.08. The molecule has 0 aliphatic rings. The molecule has 0 saturated heterocycles. The molecule has 1 amide bonds. The Balaban J connectivity index is 1.40. The van der Waals surface area contributed by atoms with E-state index in [1.807, 2.05) is 60.7 Å². The highest BCUT2D eigenvalue weighted by atomic mass is 16.1. The maximum absolute atomic E-state index is 11.8. The van der Waals surface area contributed by atoms with Gasteiger partial charge in [-0.05, 0) is 18.1 Å². The highest BCUT2D eigenvalue weighted by molar-refractivity contribution is 5.90. The van der Waals surface area contributed by atoms with Crippen molar-refractivity contribution in [2.24, 2.45) is 0 Å². The first-order chi connectivity index (χ1) is 13.2. The molecule has 0 spiro atoms. The smallest absolute Gasteiger partial charge is 0.272 e. The van der Waals surface area contributed by atoms with Crippen LogP contribution in [0.3, 0.4) is 0 Å². The molecule has 0 unspecified atom stereocenters. The zero-order valence-corrected chi connectivity index (χ0v) is 14.9. The molecule has 0 aliphatic heterocycles. The van der Waals surface area contributed by atoms with E-state index in [1.165, 1.54) is 0 Å². The Hall–Kier alpha value is -3.41. The summed E-state index contributed by atoms with van der Waals surface area (Å²) in [5, 5.41) is 14.0. The Kier molecular flexibility index (Phi) is 6.35. The number of aromatic amines is 1. The van der Waals surface area contributed by atoms with Gasteiger partial charge in [0.25, 0.3) is 5.56 Å². The number of hydrogen-bond acceptors (Lipinski definition) is 4. The molecule has 6 nitrogen and oxygen atoms in total. The van der Waals surface area contributed by atoms with Gasteiger partial charge in [0.1, 0.15) is 0 Å². The number of rotatable bonds is 8. The average Bonchev–Trinajstić information content (AvgIpc) is 2.70. The Morgan fingerprint density at radius 2 is 1.74 bits per heavy atom. The van der Waals surface area contributed by atoms with Gasteiger partial charge in [0.15, 0.2) is 5.82 Å². The van der Waals surface area contributed by atoms with Gasteiger partial charge in [0, 0.05) is 24.9 Å². The fourth-order valence-electron chi connectivity index (χ4n) is 2.71. The van der Waals surface area contributed by atoms with Crippen LogP contribution in [0.4, 0.5) is 5.82 Å². The monoisotopic (exact) mass is 362 g/mol. The summed E-state index contributed by atoms with van der Waals surface area (Å²) in [5.74, 6) is 0.636. The number of nitrogens with one attached hydrogen (secondary N) is 3. The maximum atomic E-state index is 11.8. The number of anilines is 1. The van der Waals surface area contributed by atoms with Gasteiger partial charge >= 0.3 is 0 Å². The first-order valence-electron chi connectivity index (χ1n) is 8.93. The van der Waals surface area contributed by atoms with Gasteiger partial charge in [-0.3, -0.25) is 9.59 Å². The quantitative estimate of drug-likeness (QED) is 0.538. The largest absolute Gasteiger partial charge is 0.368 e. The first-order valence-corrected chi connectivity index (χ1v) is 8.93. The molecule has 1 heterocycles. The summed E-state index contributed by atoms with van der Waals surface area (Å²) in [5.41, 5.74) is 0.877. The van der Waals surface area contributed by atoms with Crippen molar-refractivity contribution in [2.75, 3.05) is 18.4 Å². The highest BCUT2D eigenvalue weighted by Gasteiger charge is 2.05. The topological polar surface area (TPSA) is 86.9 Å². The van der Waals surface area contributed by atoms with Crippen molar-refractivity contribution in [1.29, 1.82) is 0 Å². The lowest BCUT2D eigenvalue weighted by atomic mass is 10.2. The predicted octanol–water partition coefficient (Wildman–Crippen LogP) is 2.94. The third kappa shape index (κ3) is 5.28. The Labute approximate surface area is 157 Å². The number of fused-ring (bicyclic) bond motifs is 1. The minimum Gasteiger partial charge on any atom is -0.368 e. The van der Waals surface area contributed by atoms with Crippen molar-refractivity contribution < 1.29 is 4.79 Å². The molecular formula is C21H22N4O2. The lowest BCUT2D eigenvalue weighted by molar-refractivity contribution is -0.120. The number of carbonyl (C=O) groups is 1. The van der Waals surface area contributed by atoms with Crippen molar-refractivity contribution >= 4 is 28.6 Å². The summed E-state index contributed by atoms with van der Waals surface area (Å²) in [6.45, 7) is 1.22. The van der Waals surface area contributed by atoms with Crippen molar-refractivity contribution in [1.82, 2.24) is 15.5 Å². The first kappa shape index (κ1) is 18.4. The van der Waals surface area contributed by atoms with Crippen LogP contribution in [-0.4, -0.2) is 29.2 Å². The van der Waals surface area contributed by atoms with Gasteiger partial charge in [0.2, 0.25) is 5.91 Å². The molecule has 138 valence electrons. The number of aromatic nitrogens is 2. The summed E-state index contributed by atoms with van der Waals surface area (Å²) in [7, 11) is 0. The molecule has 3 N–H and O–H groups in total. The summed E-state index contributed by atoms with van der Waals surface area (Å²) in [6, 6.07) is 17.2. The molecule has 0 atom stereocenters. The lowest BCUT2D eigenvalue weighted by Gasteiger charge is -2.08. The molecule has 0 fully saturated rings. The van der Waals surface area contributed by atoms with Crippen LogP contribution >= 0.6 is 0 Å². The summed E-state index contributed by atoms with van der Waals surface area (Å²) in [6.07, 6.45) is 4.91. The molecule has 0 radical (unpaired) electrons. The van der Waals surface area contributed by atoms with Crippen LogP contribution in [0, 0.1) is 0 Å². The fourth-order valence-corrected chi connectivity index (χ4v) is 2.71. The molecule has 27 heavy (non-hydrogen) atoms. The second-order valence-corrected chi connectivity index (χ2v) is 6.09. The van der Waals surface area contributed by atoms with Crippen molar-refractivity contribution in [2.45, 2.75) is 12.8 Å². The Morgan fingerprint density at radius 1 is 1.00 bits per heavy atom. The van der Waals surface area contributed by atoms with Crippen molar-refractivity contribution in [3.05, 3.63) is 76.6 Å². The lowest BCUT2D eigenvalue weighted by Crippen LogP contribution is -2.25. The summed E-state index contributed by atoms with van der Waals surface area (Å²) >= 11 is 0. The predicted molar refractivity (Wildman–Crippen MR) is 109 cm³/mol. The van der Waals surface area contributed by atoms with Crippen LogP contribution in [0.15, 0.2) is 65.5 Å². The molecule has 2 aromatic carbocycles. The molecular weight excluding hydrogens is 340 g/mol. The number of hydrogen-bond donors (Lipinski definition) is 3. The average molecular weight is 362 g/mol. The van der Waals surface area contributed by atoms with Crippen LogP contribution in [0.2, 0.25) is 0 Å². The van der Waals surface area contributed by atoms with E-state index in [9.17, 15) is 9.59 Å². The molecule has 3 aromatic rings. The number of H-pyrrole nitrogens is 1. The van der Waals surface area contributed by atoms with E-state index < -0.39 is 0 Å². The van der Waals surface area contributed by atoms with Crippen LogP contribution in [0.1, 0.15) is 18.4 Å². The number of benzene rings is 2. The van der Waals surface area contributed by atoms with E-state index in [0.29, 0.717) is 30.7 Å².